The van der Waals surface area contributed by atoms with Gasteiger partial charge in [-0.15, -0.1) is 0 Å². The van der Waals surface area contributed by atoms with Gasteiger partial charge in [-0.2, -0.15) is 0 Å². The Kier molecular flexibility index (Phi) is 4.45. The molecule has 0 radical (unpaired) electrons. The number of aromatic nitrogens is 1. The number of nitrogens with zero attached hydrogens (tertiary/aromatic N) is 1. The van der Waals surface area contributed by atoms with E-state index in [1.165, 1.54) is 19.3 Å². The summed E-state index contributed by atoms with van der Waals surface area (Å²) < 4.78 is 24.5. The third-order valence-electron chi connectivity index (χ3n) is 2.15. The maximum absolute atomic E-state index is 11.2. The smallest absolute Gasteiger partial charge is 0.252 e. The van der Waals surface area contributed by atoms with Gasteiger partial charge < -0.3 is 16.8 Å². The molecule has 0 aliphatic rings. The van der Waals surface area contributed by atoms with E-state index in [2.05, 4.69) is 15.0 Å². The summed E-state index contributed by atoms with van der Waals surface area (Å²) in [5, 5.41) is 2.73. The summed E-state index contributed by atoms with van der Waals surface area (Å²) in [5.74, 6) is -0.620. The van der Waals surface area contributed by atoms with E-state index in [9.17, 15) is 13.2 Å². The second kappa shape index (κ2) is 5.65. The van der Waals surface area contributed by atoms with Crippen molar-refractivity contribution < 1.29 is 13.2 Å². The van der Waals surface area contributed by atoms with Gasteiger partial charge in [-0.1, -0.05) is 0 Å². The van der Waals surface area contributed by atoms with E-state index in [-0.39, 0.29) is 23.7 Å². The number of primary amides is 1. The average Bonchev–Trinajstić information content (AvgIpc) is 2.30. The Balaban J connectivity index is 2.77. The molecule has 18 heavy (non-hydrogen) atoms. The lowest BCUT2D eigenvalue weighted by Crippen LogP contribution is -2.27. The molecule has 0 atom stereocenters. The molecule has 8 nitrogen and oxygen atoms in total. The highest BCUT2D eigenvalue weighted by Crippen LogP contribution is 2.14. The highest BCUT2D eigenvalue weighted by molar-refractivity contribution is 7.89. The topological polar surface area (TPSA) is 140 Å². The highest BCUT2D eigenvalue weighted by atomic mass is 32.2. The van der Waals surface area contributed by atoms with Gasteiger partial charge in [-0.25, -0.2) is 18.1 Å². The minimum Gasteiger partial charge on any atom is -0.397 e. The van der Waals surface area contributed by atoms with E-state index in [0.29, 0.717) is 5.69 Å². The van der Waals surface area contributed by atoms with Crippen LogP contribution < -0.4 is 21.5 Å². The van der Waals surface area contributed by atoms with E-state index in [4.69, 9.17) is 11.5 Å². The van der Waals surface area contributed by atoms with Crippen LogP contribution in [0.2, 0.25) is 0 Å². The summed E-state index contributed by atoms with van der Waals surface area (Å²) >= 11 is 0. The van der Waals surface area contributed by atoms with Gasteiger partial charge in [-0.3, -0.25) is 4.79 Å². The zero-order valence-electron chi connectivity index (χ0n) is 9.80. The molecule has 0 fully saturated rings. The van der Waals surface area contributed by atoms with Gasteiger partial charge in [-0.05, 0) is 13.1 Å². The first kappa shape index (κ1) is 14.2. The summed E-state index contributed by atoms with van der Waals surface area (Å²) in [6.07, 6.45) is 1.35. The monoisotopic (exact) mass is 273 g/mol. The summed E-state index contributed by atoms with van der Waals surface area (Å²) in [6, 6.07) is 1.38. The Hall–Kier alpha value is -1.87. The van der Waals surface area contributed by atoms with Crippen molar-refractivity contribution in [2.24, 2.45) is 5.73 Å². The summed E-state index contributed by atoms with van der Waals surface area (Å²) in [7, 11) is -1.99. The largest absolute Gasteiger partial charge is 0.397 e. The molecule has 100 valence electrons. The van der Waals surface area contributed by atoms with Gasteiger partial charge >= 0.3 is 0 Å². The number of hydrogen-bond acceptors (Lipinski definition) is 6. The summed E-state index contributed by atoms with van der Waals surface area (Å²) in [5.41, 5.74) is 11.1. The average molecular weight is 273 g/mol. The number of nitrogens with one attached hydrogen (secondary N) is 2. The van der Waals surface area contributed by atoms with E-state index >= 15 is 0 Å². The Morgan fingerprint density at radius 3 is 2.72 bits per heavy atom. The lowest BCUT2D eigenvalue weighted by atomic mass is 10.2. The molecular weight excluding hydrogens is 258 g/mol. The summed E-state index contributed by atoms with van der Waals surface area (Å²) in [6.45, 7) is 0.0976. The lowest BCUT2D eigenvalue weighted by Gasteiger charge is -2.09. The molecule has 1 heterocycles. The molecule has 1 aromatic rings. The first-order valence-corrected chi connectivity index (χ1v) is 6.71. The second-order valence-corrected chi connectivity index (χ2v) is 5.52. The third kappa shape index (κ3) is 3.86. The minimum atomic E-state index is -3.31. The number of pyridine rings is 1. The zero-order valence-corrected chi connectivity index (χ0v) is 10.6. The van der Waals surface area contributed by atoms with Crippen molar-refractivity contribution in [3.05, 3.63) is 17.8 Å². The van der Waals surface area contributed by atoms with Crippen LogP contribution in [0.5, 0.6) is 0 Å². The van der Waals surface area contributed by atoms with Gasteiger partial charge in [0.1, 0.15) is 5.82 Å². The fourth-order valence-corrected chi connectivity index (χ4v) is 1.79. The molecule has 6 N–H and O–H groups in total. The van der Waals surface area contributed by atoms with Gasteiger partial charge in [0.25, 0.3) is 5.91 Å². The molecule has 0 aliphatic heterocycles. The SMILES string of the molecule is CNS(=O)(=O)CCNc1ncc(N)cc1C(N)=O. The fourth-order valence-electron chi connectivity index (χ4n) is 1.22. The van der Waals surface area contributed by atoms with Crippen LogP contribution >= 0.6 is 0 Å². The number of amides is 1. The van der Waals surface area contributed by atoms with Gasteiger partial charge in [0, 0.05) is 6.54 Å². The molecule has 0 saturated carbocycles. The number of rotatable bonds is 6. The molecule has 0 aromatic carbocycles. The van der Waals surface area contributed by atoms with Crippen molar-refractivity contribution >= 4 is 27.4 Å². The molecule has 0 spiro atoms. The maximum Gasteiger partial charge on any atom is 0.252 e. The predicted molar refractivity (Wildman–Crippen MR) is 68.5 cm³/mol. The van der Waals surface area contributed by atoms with Gasteiger partial charge in [0.05, 0.1) is 23.2 Å². The minimum absolute atomic E-state index is 0.0976. The molecule has 9 heteroatoms. The number of nitrogen functional groups attached to an aromatic ring is 1. The molecule has 1 aromatic heterocycles. The van der Waals surface area contributed by atoms with Crippen LogP contribution in [0.1, 0.15) is 10.4 Å². The van der Waals surface area contributed by atoms with E-state index in [1.807, 2.05) is 0 Å². The number of nitrogens with two attached hydrogens (primary N) is 2. The van der Waals surface area contributed by atoms with Crippen molar-refractivity contribution in [3.63, 3.8) is 0 Å². The predicted octanol–water partition coefficient (Wildman–Crippen LogP) is -1.28. The Labute approximate surface area is 105 Å². The van der Waals surface area contributed by atoms with Crippen molar-refractivity contribution in [2.45, 2.75) is 0 Å². The van der Waals surface area contributed by atoms with Crippen molar-refractivity contribution in [3.8, 4) is 0 Å². The van der Waals surface area contributed by atoms with Crippen LogP contribution in [0.25, 0.3) is 0 Å². The molecule has 0 unspecified atom stereocenters. The molecular formula is C9H15N5O3S. The molecule has 0 aliphatic carbocycles. The van der Waals surface area contributed by atoms with Crippen LogP contribution in [0, 0.1) is 0 Å². The quantitative estimate of drug-likeness (QED) is 0.509. The van der Waals surface area contributed by atoms with Crippen molar-refractivity contribution in [1.82, 2.24) is 9.71 Å². The number of hydrogen-bond donors (Lipinski definition) is 4. The van der Waals surface area contributed by atoms with Crippen LogP contribution in [0.15, 0.2) is 12.3 Å². The number of anilines is 2. The van der Waals surface area contributed by atoms with Crippen LogP contribution in [0.3, 0.4) is 0 Å². The van der Waals surface area contributed by atoms with Crippen molar-refractivity contribution in [2.75, 3.05) is 30.4 Å². The van der Waals surface area contributed by atoms with Crippen molar-refractivity contribution in [1.29, 1.82) is 0 Å². The van der Waals surface area contributed by atoms with Crippen LogP contribution in [-0.4, -0.2) is 38.7 Å². The zero-order chi connectivity index (χ0) is 13.8. The molecule has 0 saturated heterocycles. The number of sulfonamides is 1. The van der Waals surface area contributed by atoms with E-state index < -0.39 is 15.9 Å². The second-order valence-electron chi connectivity index (χ2n) is 3.48. The lowest BCUT2D eigenvalue weighted by molar-refractivity contribution is 0.100. The van der Waals surface area contributed by atoms with Crippen LogP contribution in [0.4, 0.5) is 11.5 Å². The Bertz CT molecular complexity index is 543. The first-order valence-electron chi connectivity index (χ1n) is 5.06. The van der Waals surface area contributed by atoms with Crippen LogP contribution in [-0.2, 0) is 10.0 Å². The number of carbonyl (C=O) groups excluding carboxylic acids is 1. The molecule has 1 amide bonds. The van der Waals surface area contributed by atoms with E-state index in [1.54, 1.807) is 0 Å². The summed E-state index contributed by atoms with van der Waals surface area (Å²) in [4.78, 5) is 15.0. The van der Waals surface area contributed by atoms with Gasteiger partial charge in [0.15, 0.2) is 0 Å². The van der Waals surface area contributed by atoms with E-state index in [0.717, 1.165) is 0 Å². The highest BCUT2D eigenvalue weighted by Gasteiger charge is 2.11. The molecule has 0 bridgehead atoms. The first-order chi connectivity index (χ1) is 8.35. The molecule has 1 rings (SSSR count). The van der Waals surface area contributed by atoms with Gasteiger partial charge in [0.2, 0.25) is 10.0 Å². The Morgan fingerprint density at radius 1 is 1.50 bits per heavy atom. The Morgan fingerprint density at radius 2 is 2.17 bits per heavy atom. The standard InChI is InChI=1S/C9H15N5O3S/c1-12-18(16,17)3-2-13-9-7(8(11)15)4-6(10)5-14-9/h4-5,12H,2-3,10H2,1H3,(H2,11,15)(H,13,14). The normalized spacial score (nSPS) is 11.2. The fraction of sp³-hybridized carbons (Fsp3) is 0.333. The number of carbonyl (C=O) groups is 1. The maximum atomic E-state index is 11.2. The third-order valence-corrected chi connectivity index (χ3v) is 3.51.